The van der Waals surface area contributed by atoms with Gasteiger partial charge in [-0.15, -0.1) is 0 Å². The van der Waals surface area contributed by atoms with E-state index >= 15 is 0 Å². The van der Waals surface area contributed by atoms with Crippen molar-refractivity contribution in [1.82, 2.24) is 0 Å². The van der Waals surface area contributed by atoms with Gasteiger partial charge in [0, 0.05) is 18.8 Å². The van der Waals surface area contributed by atoms with Crippen LogP contribution in [0.3, 0.4) is 0 Å². The smallest absolute Gasteiger partial charge is 0.416 e. The molecule has 0 heterocycles. The molecular formula is C20H22ClF3NO5P. The first-order valence-electron chi connectivity index (χ1n) is 9.16. The summed E-state index contributed by atoms with van der Waals surface area (Å²) in [5, 5.41) is 11.0. The van der Waals surface area contributed by atoms with Crippen molar-refractivity contribution >= 4 is 30.0 Å². The van der Waals surface area contributed by atoms with Gasteiger partial charge in [0.15, 0.2) is 0 Å². The second-order valence-electron chi connectivity index (χ2n) is 8.14. The van der Waals surface area contributed by atoms with Gasteiger partial charge in [0.25, 0.3) is 5.69 Å². The predicted molar refractivity (Wildman–Crippen MR) is 113 cm³/mol. The lowest BCUT2D eigenvalue weighted by Crippen LogP contribution is -2.15. The first-order chi connectivity index (χ1) is 14.1. The van der Waals surface area contributed by atoms with Gasteiger partial charge in [-0.2, -0.15) is 13.2 Å². The molecule has 2 rings (SSSR count). The molecule has 31 heavy (non-hydrogen) atoms. The van der Waals surface area contributed by atoms with Gasteiger partial charge in [-0.1, -0.05) is 32.4 Å². The minimum absolute atomic E-state index is 0.0174. The van der Waals surface area contributed by atoms with Crippen LogP contribution >= 0.6 is 19.0 Å². The molecule has 6 nitrogen and oxygen atoms in total. The molecule has 1 unspecified atom stereocenters. The Bertz CT molecular complexity index is 1020. The molecule has 0 saturated carbocycles. The van der Waals surface area contributed by atoms with Crippen molar-refractivity contribution in [3.63, 3.8) is 0 Å². The average molecular weight is 480 g/mol. The van der Waals surface area contributed by atoms with E-state index in [4.69, 9.17) is 20.9 Å². The number of ether oxygens (including phenoxy) is 1. The van der Waals surface area contributed by atoms with E-state index < -0.39 is 29.7 Å². The summed E-state index contributed by atoms with van der Waals surface area (Å²) in [5.74, 6) is -0.0715. The zero-order valence-electron chi connectivity index (χ0n) is 17.3. The molecule has 0 amide bonds. The molecule has 0 radical (unpaired) electrons. The summed E-state index contributed by atoms with van der Waals surface area (Å²) in [6.45, 7) is 7.32. The molecule has 11 heteroatoms. The standard InChI is InChI=1S/C20H22ClF3NO5P/c1-19(2,3)9-10-29-31(4,28)18-12-14(6-7-16(18)25(26)27)30-17-8-5-13(11-15(17)21)20(22,23)24/h5-8,11-12H,9-10H2,1-4H3. The van der Waals surface area contributed by atoms with Crippen LogP contribution in [0.2, 0.25) is 5.02 Å². The molecule has 170 valence electrons. The van der Waals surface area contributed by atoms with Crippen molar-refractivity contribution in [2.75, 3.05) is 13.3 Å². The van der Waals surface area contributed by atoms with Gasteiger partial charge in [0.05, 0.1) is 22.1 Å². The van der Waals surface area contributed by atoms with Crippen LogP contribution in [0.5, 0.6) is 11.5 Å². The van der Waals surface area contributed by atoms with Crippen molar-refractivity contribution < 1.29 is 31.9 Å². The third kappa shape index (κ3) is 6.95. The van der Waals surface area contributed by atoms with Crippen LogP contribution in [-0.4, -0.2) is 18.2 Å². The van der Waals surface area contributed by atoms with Gasteiger partial charge >= 0.3 is 6.18 Å². The number of rotatable bonds is 7. The summed E-state index contributed by atoms with van der Waals surface area (Å²) >= 11 is 5.90. The van der Waals surface area contributed by atoms with Crippen LogP contribution in [0.4, 0.5) is 18.9 Å². The Morgan fingerprint density at radius 1 is 1.13 bits per heavy atom. The highest BCUT2D eigenvalue weighted by atomic mass is 35.5. The molecule has 0 aliphatic rings. The van der Waals surface area contributed by atoms with Crippen molar-refractivity contribution in [3.05, 3.63) is 57.1 Å². The third-order valence-electron chi connectivity index (χ3n) is 4.26. The molecule has 0 aliphatic heterocycles. The number of hydrogen-bond acceptors (Lipinski definition) is 5. The summed E-state index contributed by atoms with van der Waals surface area (Å²) in [6, 6.07) is 6.08. The minimum atomic E-state index is -4.57. The highest BCUT2D eigenvalue weighted by molar-refractivity contribution is 7.66. The van der Waals surface area contributed by atoms with Crippen LogP contribution in [-0.2, 0) is 15.3 Å². The SMILES string of the molecule is CC(C)(C)CCOP(C)(=O)c1cc(Oc2ccc(C(F)(F)F)cc2Cl)ccc1[N+](=O)[O-]. The Balaban J connectivity index is 2.35. The molecule has 2 aromatic rings. The van der Waals surface area contributed by atoms with E-state index in [1.807, 2.05) is 20.8 Å². The first-order valence-corrected chi connectivity index (χ1v) is 11.6. The second kappa shape index (κ2) is 9.18. The summed E-state index contributed by atoms with van der Waals surface area (Å²) in [4.78, 5) is 10.7. The first kappa shape index (κ1) is 25.2. The predicted octanol–water partition coefficient (Wildman–Crippen LogP) is 7.05. The van der Waals surface area contributed by atoms with Gasteiger partial charge in [0.1, 0.15) is 16.8 Å². The van der Waals surface area contributed by atoms with Crippen molar-refractivity contribution in [2.45, 2.75) is 33.4 Å². The topological polar surface area (TPSA) is 78.7 Å². The lowest BCUT2D eigenvalue weighted by molar-refractivity contribution is -0.383. The van der Waals surface area contributed by atoms with Crippen LogP contribution in [0.1, 0.15) is 32.8 Å². The average Bonchev–Trinajstić information content (AvgIpc) is 2.61. The fourth-order valence-electron chi connectivity index (χ4n) is 2.53. The van der Waals surface area contributed by atoms with Gasteiger partial charge < -0.3 is 9.26 Å². The number of nitro benzene ring substituents is 1. The van der Waals surface area contributed by atoms with Gasteiger partial charge in [-0.25, -0.2) is 0 Å². The maximum Gasteiger partial charge on any atom is 0.416 e. The summed E-state index contributed by atoms with van der Waals surface area (Å²) in [5.41, 5.74) is -1.44. The minimum Gasteiger partial charge on any atom is -0.456 e. The van der Waals surface area contributed by atoms with E-state index in [1.165, 1.54) is 18.8 Å². The van der Waals surface area contributed by atoms with Crippen molar-refractivity contribution in [2.24, 2.45) is 5.41 Å². The Morgan fingerprint density at radius 3 is 2.29 bits per heavy atom. The van der Waals surface area contributed by atoms with E-state index in [-0.39, 0.29) is 33.8 Å². The van der Waals surface area contributed by atoms with Gasteiger partial charge in [-0.3, -0.25) is 14.7 Å². The maximum absolute atomic E-state index is 13.1. The molecule has 0 aliphatic carbocycles. The fraction of sp³-hybridized carbons (Fsp3) is 0.400. The lowest BCUT2D eigenvalue weighted by atomic mass is 9.93. The summed E-state index contributed by atoms with van der Waals surface area (Å²) < 4.78 is 62.5. The summed E-state index contributed by atoms with van der Waals surface area (Å²) in [6.07, 6.45) is -3.99. The normalized spacial score (nSPS) is 14.2. The molecule has 0 spiro atoms. The van der Waals surface area contributed by atoms with Crippen LogP contribution in [0, 0.1) is 15.5 Å². The Labute approximate surface area is 182 Å². The highest BCUT2D eigenvalue weighted by Gasteiger charge is 2.32. The van der Waals surface area contributed by atoms with E-state index in [0.717, 1.165) is 18.2 Å². The molecule has 0 fully saturated rings. The van der Waals surface area contributed by atoms with Gasteiger partial charge in [-0.05, 0) is 36.1 Å². The number of alkyl halides is 3. The maximum atomic E-state index is 13.1. The number of halogens is 4. The summed E-state index contributed by atoms with van der Waals surface area (Å²) in [7, 11) is -3.60. The molecule has 1 atom stereocenters. The van der Waals surface area contributed by atoms with Crippen LogP contribution < -0.4 is 10.0 Å². The molecular weight excluding hydrogens is 458 g/mol. The lowest BCUT2D eigenvalue weighted by Gasteiger charge is -2.20. The van der Waals surface area contributed by atoms with Crippen LogP contribution in [0.15, 0.2) is 36.4 Å². The Morgan fingerprint density at radius 2 is 1.77 bits per heavy atom. The number of nitrogens with zero attached hydrogens (tertiary/aromatic N) is 1. The fourth-order valence-corrected chi connectivity index (χ4v) is 4.26. The largest absolute Gasteiger partial charge is 0.456 e. The van der Waals surface area contributed by atoms with Crippen LogP contribution in [0.25, 0.3) is 0 Å². The molecule has 2 aromatic carbocycles. The number of nitro groups is 1. The van der Waals surface area contributed by atoms with Crippen molar-refractivity contribution in [3.8, 4) is 11.5 Å². The van der Waals surface area contributed by atoms with E-state index in [1.54, 1.807) is 0 Å². The second-order valence-corrected chi connectivity index (χ2v) is 11.0. The number of hydrogen-bond donors (Lipinski definition) is 0. The molecule has 0 N–H and O–H groups in total. The third-order valence-corrected chi connectivity index (χ3v) is 6.46. The zero-order chi connectivity index (χ0) is 23.6. The quantitative estimate of drug-likeness (QED) is 0.241. The number of benzene rings is 2. The van der Waals surface area contributed by atoms with E-state index in [2.05, 4.69) is 0 Å². The van der Waals surface area contributed by atoms with Crippen molar-refractivity contribution in [1.29, 1.82) is 0 Å². The zero-order valence-corrected chi connectivity index (χ0v) is 19.0. The van der Waals surface area contributed by atoms with Gasteiger partial charge in [0.2, 0.25) is 7.37 Å². The Hall–Kier alpha value is -2.09. The molecule has 0 aromatic heterocycles. The van der Waals surface area contributed by atoms with E-state index in [9.17, 15) is 27.9 Å². The molecule has 0 saturated heterocycles. The highest BCUT2D eigenvalue weighted by Crippen LogP contribution is 2.46. The molecule has 0 bridgehead atoms. The van der Waals surface area contributed by atoms with E-state index in [0.29, 0.717) is 12.5 Å². The monoisotopic (exact) mass is 479 g/mol. The Kier molecular flexibility index (Phi) is 7.46.